The molecule has 1 fully saturated rings. The molecule has 0 saturated heterocycles. The number of cyclic esters (lactones) is 1. The number of allylic oxidation sites excluding steroid dienone is 2. The lowest BCUT2D eigenvalue weighted by Gasteiger charge is -2.28. The van der Waals surface area contributed by atoms with Crippen LogP contribution in [0.25, 0.3) is 4.85 Å². The average Bonchev–Trinajstić information content (AvgIpc) is 3.26. The van der Waals surface area contributed by atoms with Crippen LogP contribution in [0.5, 0.6) is 0 Å². The topological polar surface area (TPSA) is 108 Å². The van der Waals surface area contributed by atoms with Crippen LogP contribution >= 0.6 is 0 Å². The Morgan fingerprint density at radius 3 is 2.17 bits per heavy atom. The van der Waals surface area contributed by atoms with Crippen molar-refractivity contribution in [3.05, 3.63) is 35.3 Å². The Balaban J connectivity index is 2.32. The van der Waals surface area contributed by atoms with Gasteiger partial charge in [-0.2, -0.15) is 0 Å². The lowest BCUT2D eigenvalue weighted by atomic mass is 9.82. The molecule has 2 rings (SSSR count). The second-order valence-corrected chi connectivity index (χ2v) is 11.1. The van der Waals surface area contributed by atoms with E-state index in [2.05, 4.69) is 18.7 Å². The molecule has 0 aromatic rings. The van der Waals surface area contributed by atoms with E-state index in [1.165, 1.54) is 0 Å². The average molecular weight is 490 g/mol. The van der Waals surface area contributed by atoms with Crippen LogP contribution in [0, 0.1) is 42.1 Å². The van der Waals surface area contributed by atoms with Crippen LogP contribution in [0.4, 0.5) is 0 Å². The summed E-state index contributed by atoms with van der Waals surface area (Å²) in [6, 6.07) is 0. The fraction of sp³-hybridized carbons (Fsp3) is 0.750. The number of aliphatic carboxylic acids is 1. The summed E-state index contributed by atoms with van der Waals surface area (Å²) < 4.78 is 5.72. The van der Waals surface area contributed by atoms with E-state index in [-0.39, 0.29) is 30.6 Å². The quantitative estimate of drug-likeness (QED) is 0.373. The normalized spacial score (nSPS) is 40.9. The Morgan fingerprint density at radius 2 is 1.60 bits per heavy atom. The first-order valence-corrected chi connectivity index (χ1v) is 13.0. The molecule has 9 atom stereocenters. The highest BCUT2D eigenvalue weighted by Crippen LogP contribution is 2.36. The number of hydrogen-bond acceptors (Lipinski definition) is 5. The molecule has 7 nitrogen and oxygen atoms in total. The fourth-order valence-electron chi connectivity index (χ4n) is 5.84. The molecular weight excluding hydrogens is 446 g/mol. The Bertz CT molecular complexity index is 815. The predicted molar refractivity (Wildman–Crippen MR) is 134 cm³/mol. The summed E-state index contributed by atoms with van der Waals surface area (Å²) in [5, 5.41) is 31.0. The smallest absolute Gasteiger partial charge is 0.309 e. The molecule has 2 aliphatic rings. The van der Waals surface area contributed by atoms with Crippen molar-refractivity contribution in [1.29, 1.82) is 0 Å². The summed E-state index contributed by atoms with van der Waals surface area (Å²) in [5.41, 5.74) is 0.401. The number of ether oxygens (including phenoxy) is 1. The molecule has 1 unspecified atom stereocenters. The third kappa shape index (κ3) is 9.09. The minimum absolute atomic E-state index is 0.0387. The maximum Gasteiger partial charge on any atom is 0.309 e. The van der Waals surface area contributed by atoms with Gasteiger partial charge in [0.25, 0.3) is 0 Å². The SMILES string of the molecule is [C-]#[N+]/C1=C\C=C\C([C@@H]2CCC[C@H]2C(=O)O)OC(=O)C[C@H](O)[C@@H](C)C[C@@H](C)C[C@@H](C)C[C@H](C)[C@@H](O)C1. The van der Waals surface area contributed by atoms with Crippen LogP contribution in [-0.4, -0.2) is 45.6 Å². The van der Waals surface area contributed by atoms with Gasteiger partial charge < -0.3 is 20.1 Å². The maximum atomic E-state index is 12.7. The molecule has 196 valence electrons. The zero-order chi connectivity index (χ0) is 26.1. The van der Waals surface area contributed by atoms with E-state index >= 15 is 0 Å². The van der Waals surface area contributed by atoms with Crippen LogP contribution in [-0.2, 0) is 14.3 Å². The van der Waals surface area contributed by atoms with Gasteiger partial charge in [-0.05, 0) is 61.9 Å². The molecule has 0 aromatic carbocycles. The number of hydrogen-bond donors (Lipinski definition) is 3. The predicted octanol–water partition coefficient (Wildman–Crippen LogP) is 4.99. The molecular formula is C28H43NO6. The summed E-state index contributed by atoms with van der Waals surface area (Å²) in [5.74, 6) is -1.72. The second-order valence-electron chi connectivity index (χ2n) is 11.1. The highest BCUT2D eigenvalue weighted by molar-refractivity contribution is 5.72. The molecule has 0 bridgehead atoms. The van der Waals surface area contributed by atoms with Gasteiger partial charge in [-0.1, -0.05) is 46.3 Å². The number of carboxylic acids is 1. The maximum absolute atomic E-state index is 12.7. The summed E-state index contributed by atoms with van der Waals surface area (Å²) >= 11 is 0. The first-order valence-electron chi connectivity index (χ1n) is 13.0. The standard InChI is InChI=1S/C28H43NO6/c1-17-12-18(2)14-20(4)25(31)16-27(32)35-26(22-9-7-10-23(22)28(33)34)11-6-8-21(29-5)15-24(30)19(3)13-17/h6,8,11,17-20,22-26,30-31H,7,9-10,12-16H2,1-4H3,(H,33,34)/b11-6+,21-8-/t17-,18+,19+,20+,22-,23-,24+,25+,26?/m1/s1. The number of rotatable bonds is 2. The summed E-state index contributed by atoms with van der Waals surface area (Å²) in [7, 11) is 0. The fourth-order valence-corrected chi connectivity index (χ4v) is 5.84. The molecule has 3 N–H and O–H groups in total. The monoisotopic (exact) mass is 489 g/mol. The largest absolute Gasteiger partial charge is 0.481 e. The van der Waals surface area contributed by atoms with E-state index in [1.807, 2.05) is 13.8 Å². The minimum Gasteiger partial charge on any atom is -0.481 e. The van der Waals surface area contributed by atoms with Gasteiger partial charge in [0.2, 0.25) is 0 Å². The molecule has 1 aliphatic heterocycles. The van der Waals surface area contributed by atoms with E-state index in [0.717, 1.165) is 25.7 Å². The molecule has 1 aliphatic carbocycles. The second kappa shape index (κ2) is 13.8. The number of carboxylic acid groups (broad SMARTS) is 1. The molecule has 7 heteroatoms. The highest BCUT2D eigenvalue weighted by Gasteiger charge is 2.39. The Kier molecular flexibility index (Phi) is 11.5. The minimum atomic E-state index is -0.900. The number of esters is 1. The molecule has 35 heavy (non-hydrogen) atoms. The van der Waals surface area contributed by atoms with Crippen molar-refractivity contribution in [3.63, 3.8) is 0 Å². The van der Waals surface area contributed by atoms with Gasteiger partial charge in [-0.25, -0.2) is 4.85 Å². The lowest BCUT2D eigenvalue weighted by Crippen LogP contribution is -2.33. The number of carbonyl (C=O) groups is 2. The van der Waals surface area contributed by atoms with Gasteiger partial charge in [0.15, 0.2) is 5.70 Å². The van der Waals surface area contributed by atoms with Crippen molar-refractivity contribution in [2.75, 3.05) is 0 Å². The van der Waals surface area contributed by atoms with E-state index < -0.39 is 36.2 Å². The van der Waals surface area contributed by atoms with Crippen molar-refractivity contribution in [3.8, 4) is 0 Å². The molecule has 0 aromatic heterocycles. The first-order chi connectivity index (χ1) is 16.5. The molecule has 0 radical (unpaired) electrons. The number of carbonyl (C=O) groups excluding carboxylic acids is 1. The Hall–Kier alpha value is -2.17. The third-order valence-electron chi connectivity index (χ3n) is 7.77. The Labute approximate surface area is 210 Å². The van der Waals surface area contributed by atoms with Crippen LogP contribution in [0.2, 0.25) is 0 Å². The van der Waals surface area contributed by atoms with Crippen LogP contribution in [0.1, 0.15) is 79.1 Å². The highest BCUT2D eigenvalue weighted by atomic mass is 16.5. The molecule has 0 spiro atoms. The lowest BCUT2D eigenvalue weighted by molar-refractivity contribution is -0.156. The van der Waals surface area contributed by atoms with Crippen LogP contribution in [0.15, 0.2) is 23.9 Å². The molecule has 1 heterocycles. The van der Waals surface area contributed by atoms with Crippen molar-refractivity contribution in [2.24, 2.45) is 35.5 Å². The summed E-state index contributed by atoms with van der Waals surface area (Å²) in [6.07, 6.45) is 7.24. The van der Waals surface area contributed by atoms with Gasteiger partial charge in [0.1, 0.15) is 6.10 Å². The Morgan fingerprint density at radius 1 is 1.00 bits per heavy atom. The van der Waals surface area contributed by atoms with E-state index in [0.29, 0.717) is 30.4 Å². The molecule has 0 amide bonds. The zero-order valence-electron chi connectivity index (χ0n) is 21.6. The van der Waals surface area contributed by atoms with E-state index in [1.54, 1.807) is 18.2 Å². The number of nitrogens with zero attached hydrogens (tertiary/aromatic N) is 1. The number of aliphatic hydroxyl groups excluding tert-OH is 2. The zero-order valence-corrected chi connectivity index (χ0v) is 21.6. The van der Waals surface area contributed by atoms with Crippen molar-refractivity contribution < 1.29 is 29.6 Å². The van der Waals surface area contributed by atoms with Gasteiger partial charge in [0.05, 0.1) is 31.1 Å². The van der Waals surface area contributed by atoms with Crippen molar-refractivity contribution in [2.45, 2.75) is 97.4 Å². The van der Waals surface area contributed by atoms with Gasteiger partial charge in [-0.15, -0.1) is 0 Å². The van der Waals surface area contributed by atoms with Gasteiger partial charge >= 0.3 is 11.9 Å². The summed E-state index contributed by atoms with van der Waals surface area (Å²) in [4.78, 5) is 28.1. The molecule has 1 saturated carbocycles. The first kappa shape index (κ1) is 29.1. The van der Waals surface area contributed by atoms with Crippen molar-refractivity contribution >= 4 is 11.9 Å². The van der Waals surface area contributed by atoms with Crippen LogP contribution in [0.3, 0.4) is 0 Å². The van der Waals surface area contributed by atoms with Crippen molar-refractivity contribution in [1.82, 2.24) is 0 Å². The van der Waals surface area contributed by atoms with Gasteiger partial charge in [0, 0.05) is 12.3 Å². The van der Waals surface area contributed by atoms with Gasteiger partial charge in [-0.3, -0.25) is 9.59 Å². The number of aliphatic hydroxyl groups is 2. The van der Waals surface area contributed by atoms with E-state index in [4.69, 9.17) is 11.3 Å². The van der Waals surface area contributed by atoms with Crippen LogP contribution < -0.4 is 0 Å². The third-order valence-corrected chi connectivity index (χ3v) is 7.77. The van der Waals surface area contributed by atoms with E-state index in [9.17, 15) is 24.9 Å². The summed E-state index contributed by atoms with van der Waals surface area (Å²) in [6.45, 7) is 15.8.